The van der Waals surface area contributed by atoms with Crippen LogP contribution in [-0.4, -0.2) is 10.2 Å². The maximum atomic E-state index is 8.65. The summed E-state index contributed by atoms with van der Waals surface area (Å²) >= 11 is 0. The van der Waals surface area contributed by atoms with Crippen molar-refractivity contribution in [1.29, 1.82) is 0 Å². The molecule has 0 amide bonds. The topological polar surface area (TPSA) is 66.5 Å². The number of benzene rings is 1. The number of nitrogen functional groups attached to an aromatic ring is 1. The van der Waals surface area contributed by atoms with Crippen molar-refractivity contribution in [3.8, 4) is 0 Å². The molecule has 0 aliphatic rings. The Morgan fingerprint density at radius 1 is 1.30 bits per heavy atom. The van der Waals surface area contributed by atoms with Crippen LogP contribution in [0.2, 0.25) is 0 Å². The molecular formula is C7H9NO2. The lowest BCUT2D eigenvalue weighted by Crippen LogP contribution is -1.95. The van der Waals surface area contributed by atoms with Crippen LogP contribution in [0.5, 0.6) is 0 Å². The lowest BCUT2D eigenvalue weighted by molar-refractivity contribution is -0.0424. The minimum Gasteiger partial charge on any atom is -0.399 e. The number of aliphatic hydroxyl groups is 2. The minimum absolute atomic E-state index is 0.417. The molecule has 3 nitrogen and oxygen atoms in total. The largest absolute Gasteiger partial charge is 0.399 e. The van der Waals surface area contributed by atoms with Crippen molar-refractivity contribution >= 4 is 5.69 Å². The van der Waals surface area contributed by atoms with Crippen LogP contribution in [0.15, 0.2) is 24.3 Å². The number of hydrogen-bond acceptors (Lipinski definition) is 3. The molecule has 3 heteroatoms. The van der Waals surface area contributed by atoms with Crippen LogP contribution in [-0.2, 0) is 0 Å². The summed E-state index contributed by atoms with van der Waals surface area (Å²) in [6, 6.07) is 6.47. The molecule has 0 fully saturated rings. The highest BCUT2D eigenvalue weighted by atomic mass is 16.5. The van der Waals surface area contributed by atoms with Gasteiger partial charge in [-0.25, -0.2) is 0 Å². The fraction of sp³-hybridized carbons (Fsp3) is 0.143. The van der Waals surface area contributed by atoms with E-state index in [0.717, 1.165) is 0 Å². The molecule has 0 heterocycles. The normalized spacial score (nSPS) is 10.3. The van der Waals surface area contributed by atoms with Gasteiger partial charge >= 0.3 is 0 Å². The molecule has 0 bridgehead atoms. The van der Waals surface area contributed by atoms with E-state index >= 15 is 0 Å². The maximum Gasteiger partial charge on any atom is 0.178 e. The number of aliphatic hydroxyl groups excluding tert-OH is 1. The van der Waals surface area contributed by atoms with Crippen LogP contribution in [0, 0.1) is 0 Å². The first-order valence-electron chi connectivity index (χ1n) is 2.92. The Morgan fingerprint density at radius 2 is 2.00 bits per heavy atom. The number of nitrogens with two attached hydrogens (primary N) is 1. The van der Waals surface area contributed by atoms with Crippen molar-refractivity contribution in [2.75, 3.05) is 5.73 Å². The van der Waals surface area contributed by atoms with Gasteiger partial charge in [0, 0.05) is 11.3 Å². The molecule has 54 valence electrons. The zero-order chi connectivity index (χ0) is 7.56. The molecule has 1 rings (SSSR count). The lowest BCUT2D eigenvalue weighted by Gasteiger charge is -2.02. The summed E-state index contributed by atoms with van der Waals surface area (Å²) < 4.78 is 0. The van der Waals surface area contributed by atoms with Crippen molar-refractivity contribution in [2.45, 2.75) is 6.29 Å². The van der Waals surface area contributed by atoms with Crippen molar-refractivity contribution < 1.29 is 10.2 Å². The third kappa shape index (κ3) is 1.46. The summed E-state index contributed by atoms with van der Waals surface area (Å²) in [5, 5.41) is 17.3. The Kier molecular flexibility index (Phi) is 1.89. The van der Waals surface area contributed by atoms with Gasteiger partial charge in [0.15, 0.2) is 6.29 Å². The lowest BCUT2D eigenvalue weighted by atomic mass is 10.2. The number of hydrogen-bond donors (Lipinski definition) is 3. The Labute approximate surface area is 58.7 Å². The molecule has 0 aliphatic carbocycles. The van der Waals surface area contributed by atoms with Gasteiger partial charge < -0.3 is 15.9 Å². The van der Waals surface area contributed by atoms with Gasteiger partial charge in [-0.05, 0) is 12.1 Å². The Morgan fingerprint density at radius 3 is 2.40 bits per heavy atom. The monoisotopic (exact) mass is 139 g/mol. The number of rotatable bonds is 1. The zero-order valence-electron chi connectivity index (χ0n) is 5.36. The quantitative estimate of drug-likeness (QED) is 0.386. The fourth-order valence-electron chi connectivity index (χ4n) is 0.720. The Balaban J connectivity index is 2.96. The van der Waals surface area contributed by atoms with E-state index in [2.05, 4.69) is 0 Å². The summed E-state index contributed by atoms with van der Waals surface area (Å²) in [6.07, 6.45) is -1.43. The fourth-order valence-corrected chi connectivity index (χ4v) is 0.720. The van der Waals surface area contributed by atoms with E-state index in [9.17, 15) is 0 Å². The van der Waals surface area contributed by atoms with Gasteiger partial charge in [-0.1, -0.05) is 12.1 Å². The summed E-state index contributed by atoms with van der Waals surface area (Å²) in [6.45, 7) is 0. The molecule has 10 heavy (non-hydrogen) atoms. The molecule has 0 radical (unpaired) electrons. The van der Waals surface area contributed by atoms with Gasteiger partial charge in [0.1, 0.15) is 0 Å². The molecule has 0 aliphatic heterocycles. The highest BCUT2D eigenvalue weighted by Crippen LogP contribution is 2.12. The molecule has 0 unspecified atom stereocenters. The SMILES string of the molecule is Nc1cccc(C(O)O)c1. The standard InChI is InChI=1S/C7H9NO2/c8-6-3-1-2-5(4-6)7(9)10/h1-4,7,9-10H,8H2. The molecule has 0 saturated carbocycles. The van der Waals surface area contributed by atoms with Crippen molar-refractivity contribution in [2.24, 2.45) is 0 Å². The third-order valence-corrected chi connectivity index (χ3v) is 1.21. The van der Waals surface area contributed by atoms with Gasteiger partial charge in [-0.2, -0.15) is 0 Å². The number of anilines is 1. The van der Waals surface area contributed by atoms with Crippen molar-refractivity contribution in [3.05, 3.63) is 29.8 Å². The molecule has 0 spiro atoms. The van der Waals surface area contributed by atoms with Gasteiger partial charge in [-0.15, -0.1) is 0 Å². The average molecular weight is 139 g/mol. The van der Waals surface area contributed by atoms with E-state index in [1.54, 1.807) is 18.2 Å². The van der Waals surface area contributed by atoms with Crippen LogP contribution >= 0.6 is 0 Å². The van der Waals surface area contributed by atoms with Crippen LogP contribution in [0.4, 0.5) is 5.69 Å². The van der Waals surface area contributed by atoms with E-state index in [-0.39, 0.29) is 0 Å². The van der Waals surface area contributed by atoms with Gasteiger partial charge in [0.25, 0.3) is 0 Å². The van der Waals surface area contributed by atoms with E-state index in [1.165, 1.54) is 6.07 Å². The highest BCUT2D eigenvalue weighted by molar-refractivity contribution is 5.40. The van der Waals surface area contributed by atoms with E-state index in [0.29, 0.717) is 11.3 Å². The van der Waals surface area contributed by atoms with E-state index in [4.69, 9.17) is 15.9 Å². The molecule has 0 aromatic heterocycles. The Hall–Kier alpha value is -1.06. The second-order valence-electron chi connectivity index (χ2n) is 2.04. The predicted molar refractivity (Wildman–Crippen MR) is 38.0 cm³/mol. The second-order valence-corrected chi connectivity index (χ2v) is 2.04. The minimum atomic E-state index is -1.43. The molecule has 0 saturated heterocycles. The van der Waals surface area contributed by atoms with Crippen molar-refractivity contribution in [3.63, 3.8) is 0 Å². The third-order valence-electron chi connectivity index (χ3n) is 1.21. The predicted octanol–water partition coefficient (Wildman–Crippen LogP) is 0.252. The summed E-state index contributed by atoms with van der Waals surface area (Å²) in [5.74, 6) is 0. The van der Waals surface area contributed by atoms with Crippen LogP contribution < -0.4 is 5.73 Å². The highest BCUT2D eigenvalue weighted by Gasteiger charge is 1.99. The van der Waals surface area contributed by atoms with E-state index < -0.39 is 6.29 Å². The maximum absolute atomic E-state index is 8.65. The molecule has 4 N–H and O–H groups in total. The average Bonchev–Trinajstić information content (AvgIpc) is 1.88. The first kappa shape index (κ1) is 7.05. The van der Waals surface area contributed by atoms with Gasteiger partial charge in [-0.3, -0.25) is 0 Å². The smallest absolute Gasteiger partial charge is 0.178 e. The molecule has 1 aromatic rings. The molecule has 1 aromatic carbocycles. The van der Waals surface area contributed by atoms with Gasteiger partial charge in [0.05, 0.1) is 0 Å². The summed E-state index contributed by atoms with van der Waals surface area (Å²) in [5.41, 5.74) is 6.32. The van der Waals surface area contributed by atoms with Crippen LogP contribution in [0.25, 0.3) is 0 Å². The van der Waals surface area contributed by atoms with Crippen LogP contribution in [0.1, 0.15) is 11.9 Å². The van der Waals surface area contributed by atoms with E-state index in [1.807, 2.05) is 0 Å². The van der Waals surface area contributed by atoms with Gasteiger partial charge in [0.2, 0.25) is 0 Å². The summed E-state index contributed by atoms with van der Waals surface area (Å²) in [4.78, 5) is 0. The first-order valence-corrected chi connectivity index (χ1v) is 2.92. The second kappa shape index (κ2) is 2.68. The van der Waals surface area contributed by atoms with Crippen molar-refractivity contribution in [1.82, 2.24) is 0 Å². The first-order chi connectivity index (χ1) is 4.70. The van der Waals surface area contributed by atoms with Crippen LogP contribution in [0.3, 0.4) is 0 Å². The summed E-state index contributed by atoms with van der Waals surface area (Å²) in [7, 11) is 0. The molecular weight excluding hydrogens is 130 g/mol. The zero-order valence-corrected chi connectivity index (χ0v) is 5.36. The Bertz CT molecular complexity index is 223. The molecule has 0 atom stereocenters.